The van der Waals surface area contributed by atoms with Gasteiger partial charge in [-0.1, -0.05) is 26.8 Å². The van der Waals surface area contributed by atoms with E-state index in [1.54, 1.807) is 0 Å². The third-order valence-corrected chi connectivity index (χ3v) is 6.33. The summed E-state index contributed by atoms with van der Waals surface area (Å²) in [5.74, 6) is 1.97. The van der Waals surface area contributed by atoms with Gasteiger partial charge in [-0.05, 0) is 66.0 Å². The Hall–Kier alpha value is -3.02. The number of rotatable bonds is 3. The van der Waals surface area contributed by atoms with Crippen LogP contribution in [-0.2, 0) is 19.4 Å². The fourth-order valence-corrected chi connectivity index (χ4v) is 4.40. The van der Waals surface area contributed by atoms with Gasteiger partial charge in [0, 0.05) is 12.2 Å². The van der Waals surface area contributed by atoms with Gasteiger partial charge in [0.2, 0.25) is 6.79 Å². The molecule has 2 aliphatic rings. The van der Waals surface area contributed by atoms with E-state index in [0.29, 0.717) is 23.6 Å². The molecule has 1 aliphatic carbocycles. The summed E-state index contributed by atoms with van der Waals surface area (Å²) in [5.41, 5.74) is 6.06. The molecule has 1 unspecified atom stereocenters. The van der Waals surface area contributed by atoms with Gasteiger partial charge < -0.3 is 19.8 Å². The lowest BCUT2D eigenvalue weighted by atomic mass is 9.71. The minimum Gasteiger partial charge on any atom is -0.454 e. The normalized spacial score (nSPS) is 17.8. The molecule has 2 aromatic heterocycles. The second kappa shape index (κ2) is 7.04. The van der Waals surface area contributed by atoms with Crippen molar-refractivity contribution in [3.8, 4) is 11.5 Å². The van der Waals surface area contributed by atoms with Gasteiger partial charge in [-0.15, -0.1) is 0 Å². The first-order valence-corrected chi connectivity index (χ1v) is 10.5. The van der Waals surface area contributed by atoms with Crippen molar-refractivity contribution >= 4 is 16.9 Å². The average molecular weight is 405 g/mol. The standard InChI is InChI=1S/C24H27N3O3/c1-24(2,3)16-5-6-17-15(9-16)10-18-19(26-17)11-20(27-18)23(28)25-12-14-4-7-21-22(8-14)30-13-29-21/h4,7-8,10-11,16,27H,5-6,9,12-13H2,1-3H3,(H,25,28). The number of nitrogens with zero attached hydrogens (tertiary/aromatic N) is 1. The smallest absolute Gasteiger partial charge is 0.268 e. The van der Waals surface area contributed by atoms with Crippen LogP contribution in [0.2, 0.25) is 0 Å². The molecule has 0 bridgehead atoms. The third-order valence-electron chi connectivity index (χ3n) is 6.33. The number of carbonyl (C=O) groups excluding carboxylic acids is 1. The Morgan fingerprint density at radius 3 is 2.87 bits per heavy atom. The van der Waals surface area contributed by atoms with Crippen LogP contribution >= 0.6 is 0 Å². The molecule has 156 valence electrons. The summed E-state index contributed by atoms with van der Waals surface area (Å²) < 4.78 is 10.7. The zero-order chi connectivity index (χ0) is 20.9. The minimum atomic E-state index is -0.142. The van der Waals surface area contributed by atoms with Gasteiger partial charge in [-0.3, -0.25) is 9.78 Å². The molecule has 5 rings (SSSR count). The molecule has 1 amide bonds. The number of fused-ring (bicyclic) bond motifs is 3. The zero-order valence-corrected chi connectivity index (χ0v) is 17.7. The molecule has 0 saturated carbocycles. The molecule has 1 aromatic carbocycles. The monoisotopic (exact) mass is 405 g/mol. The maximum atomic E-state index is 12.7. The quantitative estimate of drug-likeness (QED) is 0.678. The summed E-state index contributed by atoms with van der Waals surface area (Å²) in [6, 6.07) is 9.73. The second-order valence-electron chi connectivity index (χ2n) is 9.39. The highest BCUT2D eigenvalue weighted by atomic mass is 16.7. The van der Waals surface area contributed by atoms with Crippen molar-refractivity contribution in [1.29, 1.82) is 0 Å². The highest BCUT2D eigenvalue weighted by Gasteiger charge is 2.29. The Balaban J connectivity index is 1.32. The first kappa shape index (κ1) is 19.0. The van der Waals surface area contributed by atoms with E-state index in [-0.39, 0.29) is 12.7 Å². The van der Waals surface area contributed by atoms with Crippen molar-refractivity contribution in [2.75, 3.05) is 6.79 Å². The van der Waals surface area contributed by atoms with Crippen molar-refractivity contribution in [1.82, 2.24) is 15.3 Å². The number of nitrogens with one attached hydrogen (secondary N) is 2. The van der Waals surface area contributed by atoms with Gasteiger partial charge >= 0.3 is 0 Å². The molecule has 1 aliphatic heterocycles. The molecule has 2 N–H and O–H groups in total. The number of benzene rings is 1. The largest absolute Gasteiger partial charge is 0.454 e. The van der Waals surface area contributed by atoms with E-state index in [9.17, 15) is 4.79 Å². The van der Waals surface area contributed by atoms with Crippen molar-refractivity contribution in [3.05, 3.63) is 52.8 Å². The molecule has 0 spiro atoms. The van der Waals surface area contributed by atoms with Crippen LogP contribution in [0.1, 0.15) is 54.5 Å². The van der Waals surface area contributed by atoms with E-state index >= 15 is 0 Å². The topological polar surface area (TPSA) is 76.2 Å². The minimum absolute atomic E-state index is 0.142. The van der Waals surface area contributed by atoms with Crippen LogP contribution in [0, 0.1) is 11.3 Å². The Kier molecular flexibility index (Phi) is 4.45. The maximum absolute atomic E-state index is 12.7. The van der Waals surface area contributed by atoms with Gasteiger partial charge in [0.15, 0.2) is 11.5 Å². The molecule has 0 radical (unpaired) electrons. The molecule has 6 nitrogen and oxygen atoms in total. The number of aromatic nitrogens is 2. The van der Waals surface area contributed by atoms with E-state index in [4.69, 9.17) is 14.5 Å². The first-order chi connectivity index (χ1) is 14.4. The molecular weight excluding hydrogens is 378 g/mol. The number of aryl methyl sites for hydroxylation is 1. The summed E-state index contributed by atoms with van der Waals surface area (Å²) in [6.45, 7) is 7.60. The van der Waals surface area contributed by atoms with E-state index in [2.05, 4.69) is 37.1 Å². The van der Waals surface area contributed by atoms with Gasteiger partial charge in [0.25, 0.3) is 5.91 Å². The van der Waals surface area contributed by atoms with E-state index < -0.39 is 0 Å². The number of carbonyl (C=O) groups is 1. The van der Waals surface area contributed by atoms with Gasteiger partial charge in [0.05, 0.1) is 11.0 Å². The Labute approximate surface area is 176 Å². The summed E-state index contributed by atoms with van der Waals surface area (Å²) in [7, 11) is 0. The lowest BCUT2D eigenvalue weighted by Crippen LogP contribution is -2.27. The number of amides is 1. The molecular formula is C24H27N3O3. The van der Waals surface area contributed by atoms with Crippen molar-refractivity contribution in [2.45, 2.75) is 46.6 Å². The van der Waals surface area contributed by atoms with E-state index in [0.717, 1.165) is 40.9 Å². The Bertz CT molecular complexity index is 1130. The lowest BCUT2D eigenvalue weighted by Gasteiger charge is -2.34. The Morgan fingerprint density at radius 2 is 2.03 bits per heavy atom. The van der Waals surface area contributed by atoms with Crippen LogP contribution in [0.25, 0.3) is 11.0 Å². The number of ether oxygens (including phenoxy) is 2. The summed E-state index contributed by atoms with van der Waals surface area (Å²) >= 11 is 0. The number of aromatic amines is 1. The summed E-state index contributed by atoms with van der Waals surface area (Å²) in [4.78, 5) is 20.8. The lowest BCUT2D eigenvalue weighted by molar-refractivity contribution is 0.0946. The van der Waals surface area contributed by atoms with Gasteiger partial charge in [-0.2, -0.15) is 0 Å². The fraction of sp³-hybridized carbons (Fsp3) is 0.417. The van der Waals surface area contributed by atoms with Crippen LogP contribution in [0.4, 0.5) is 0 Å². The molecule has 0 saturated heterocycles. The molecule has 3 aromatic rings. The Morgan fingerprint density at radius 1 is 1.20 bits per heavy atom. The van der Waals surface area contributed by atoms with Gasteiger partial charge in [0.1, 0.15) is 5.69 Å². The van der Waals surface area contributed by atoms with E-state index in [1.807, 2.05) is 24.3 Å². The summed E-state index contributed by atoms with van der Waals surface area (Å²) in [6.07, 6.45) is 3.22. The molecule has 1 atom stereocenters. The number of hydrogen-bond acceptors (Lipinski definition) is 4. The van der Waals surface area contributed by atoms with Crippen molar-refractivity contribution in [2.24, 2.45) is 11.3 Å². The van der Waals surface area contributed by atoms with E-state index in [1.165, 1.54) is 17.7 Å². The van der Waals surface area contributed by atoms with Crippen LogP contribution < -0.4 is 14.8 Å². The van der Waals surface area contributed by atoms with Crippen LogP contribution in [0.15, 0.2) is 30.3 Å². The predicted molar refractivity (Wildman–Crippen MR) is 115 cm³/mol. The molecule has 0 fully saturated rings. The first-order valence-electron chi connectivity index (χ1n) is 10.5. The highest BCUT2D eigenvalue weighted by Crippen LogP contribution is 2.37. The second-order valence-corrected chi connectivity index (χ2v) is 9.39. The SMILES string of the molecule is CC(C)(C)C1CCc2nc3cc(C(=O)NCc4ccc5c(c4)OCO5)[nH]c3cc2C1. The van der Waals surface area contributed by atoms with Crippen molar-refractivity contribution < 1.29 is 14.3 Å². The van der Waals surface area contributed by atoms with Gasteiger partial charge in [-0.25, -0.2) is 0 Å². The zero-order valence-electron chi connectivity index (χ0n) is 17.7. The highest BCUT2D eigenvalue weighted by molar-refractivity contribution is 5.97. The molecule has 3 heterocycles. The molecule has 30 heavy (non-hydrogen) atoms. The summed E-state index contributed by atoms with van der Waals surface area (Å²) in [5, 5.41) is 2.97. The number of hydrogen-bond donors (Lipinski definition) is 2. The van der Waals surface area contributed by atoms with Crippen LogP contribution in [0.3, 0.4) is 0 Å². The van der Waals surface area contributed by atoms with Crippen molar-refractivity contribution in [3.63, 3.8) is 0 Å². The van der Waals surface area contributed by atoms with Crippen LogP contribution in [-0.4, -0.2) is 22.7 Å². The fourth-order valence-electron chi connectivity index (χ4n) is 4.40. The number of pyridine rings is 1. The maximum Gasteiger partial charge on any atom is 0.268 e. The molecule has 6 heteroatoms. The number of H-pyrrole nitrogens is 1. The predicted octanol–water partition coefficient (Wildman–Crippen LogP) is 4.37. The van der Waals surface area contributed by atoms with Crippen LogP contribution in [0.5, 0.6) is 11.5 Å². The average Bonchev–Trinajstić information content (AvgIpc) is 3.35. The third kappa shape index (κ3) is 3.51.